The largest absolute Gasteiger partial charge is 0.449 e. The van der Waals surface area contributed by atoms with Gasteiger partial charge in [0.1, 0.15) is 0 Å². The predicted molar refractivity (Wildman–Crippen MR) is 79.6 cm³/mol. The van der Waals surface area contributed by atoms with Gasteiger partial charge in [0.05, 0.1) is 10.5 Å². The number of esters is 1. The number of nitrogens with one attached hydrogen (secondary N) is 1. The molecule has 0 saturated carbocycles. The van der Waals surface area contributed by atoms with Gasteiger partial charge in [0.25, 0.3) is 5.91 Å². The fourth-order valence-corrected chi connectivity index (χ4v) is 2.79. The van der Waals surface area contributed by atoms with Crippen LogP contribution in [0.15, 0.2) is 29.2 Å². The highest BCUT2D eigenvalue weighted by Crippen LogP contribution is 2.19. The summed E-state index contributed by atoms with van der Waals surface area (Å²) in [6, 6.07) is 3.10. The summed E-state index contributed by atoms with van der Waals surface area (Å²) in [6.45, 7) is 1.73. The van der Waals surface area contributed by atoms with Crippen LogP contribution in [0.1, 0.15) is 17.3 Å². The second kappa shape index (κ2) is 7.13. The summed E-state index contributed by atoms with van der Waals surface area (Å²) in [5.74, 6) is -5.24. The zero-order valence-corrected chi connectivity index (χ0v) is 13.8. The van der Waals surface area contributed by atoms with Crippen LogP contribution in [0.3, 0.4) is 0 Å². The number of benzene rings is 1. The second-order valence-corrected chi connectivity index (χ2v) is 7.02. The number of nitrogens with zero attached hydrogens (tertiary/aromatic N) is 1. The van der Waals surface area contributed by atoms with Gasteiger partial charge in [0.15, 0.2) is 6.10 Å². The van der Waals surface area contributed by atoms with E-state index in [1.165, 1.54) is 6.92 Å². The molecular formula is C14H14F2N2O6S. The van der Waals surface area contributed by atoms with Crippen molar-refractivity contribution in [2.24, 2.45) is 0 Å². The van der Waals surface area contributed by atoms with E-state index in [0.29, 0.717) is 6.54 Å². The van der Waals surface area contributed by atoms with E-state index in [9.17, 15) is 31.6 Å². The van der Waals surface area contributed by atoms with Gasteiger partial charge in [0, 0.05) is 13.1 Å². The van der Waals surface area contributed by atoms with Crippen molar-refractivity contribution in [3.8, 4) is 0 Å². The molecule has 1 heterocycles. The van der Waals surface area contributed by atoms with Crippen LogP contribution in [0.2, 0.25) is 0 Å². The number of imide groups is 1. The van der Waals surface area contributed by atoms with Gasteiger partial charge in [0.2, 0.25) is 9.84 Å². The highest BCUT2D eigenvalue weighted by Gasteiger charge is 2.32. The molecule has 1 N–H and O–H groups in total. The maximum absolute atomic E-state index is 12.4. The number of rotatable bonds is 5. The predicted octanol–water partition coefficient (Wildman–Crippen LogP) is 0.780. The lowest BCUT2D eigenvalue weighted by Crippen LogP contribution is -2.41. The number of halogens is 2. The van der Waals surface area contributed by atoms with Crippen molar-refractivity contribution in [1.82, 2.24) is 10.2 Å². The molecule has 25 heavy (non-hydrogen) atoms. The molecule has 0 radical (unpaired) electrons. The maximum atomic E-state index is 12.4. The lowest BCUT2D eigenvalue weighted by molar-refractivity contribution is -0.136. The van der Waals surface area contributed by atoms with Gasteiger partial charge in [-0.25, -0.2) is 18.0 Å². The molecule has 136 valence electrons. The van der Waals surface area contributed by atoms with E-state index in [2.05, 4.69) is 5.32 Å². The molecule has 1 atom stereocenters. The Hall–Kier alpha value is -2.56. The number of carbonyl (C=O) groups excluding carboxylic acids is 3. The minimum absolute atomic E-state index is 0.126. The summed E-state index contributed by atoms with van der Waals surface area (Å²) in [6.07, 6.45) is -1.25. The van der Waals surface area contributed by atoms with Crippen LogP contribution >= 0.6 is 0 Å². The first-order valence-corrected chi connectivity index (χ1v) is 8.61. The number of sulfone groups is 1. The van der Waals surface area contributed by atoms with Gasteiger partial charge in [-0.05, 0) is 31.2 Å². The molecule has 0 aromatic heterocycles. The Morgan fingerprint density at radius 2 is 1.84 bits per heavy atom. The molecule has 1 aliphatic rings. The zero-order valence-electron chi connectivity index (χ0n) is 12.9. The van der Waals surface area contributed by atoms with Crippen LogP contribution in [0.4, 0.5) is 13.6 Å². The highest BCUT2D eigenvalue weighted by atomic mass is 32.2. The molecule has 1 aliphatic heterocycles. The van der Waals surface area contributed by atoms with Crippen molar-refractivity contribution in [3.63, 3.8) is 0 Å². The van der Waals surface area contributed by atoms with E-state index in [0.717, 1.165) is 29.2 Å². The molecule has 0 unspecified atom stereocenters. The van der Waals surface area contributed by atoms with E-state index in [1.807, 2.05) is 0 Å². The molecule has 0 aliphatic carbocycles. The third-order valence-corrected chi connectivity index (χ3v) is 4.81. The van der Waals surface area contributed by atoms with Crippen molar-refractivity contribution >= 4 is 27.7 Å². The van der Waals surface area contributed by atoms with Crippen molar-refractivity contribution in [1.29, 1.82) is 0 Å². The average Bonchev–Trinajstić information content (AvgIpc) is 2.99. The first kappa shape index (κ1) is 18.8. The average molecular weight is 376 g/mol. The molecule has 3 amide bonds. The molecule has 1 aromatic rings. The minimum atomic E-state index is -4.76. The van der Waals surface area contributed by atoms with E-state index < -0.39 is 44.5 Å². The number of alkyl halides is 2. The first-order chi connectivity index (χ1) is 11.6. The SMILES string of the molecule is C[C@H](OC(=O)c1ccc(S(=O)(=O)C(F)F)cc1)C(=O)N1CCNC1=O. The fraction of sp³-hybridized carbons (Fsp3) is 0.357. The number of ether oxygens (including phenoxy) is 1. The molecule has 1 aromatic carbocycles. The van der Waals surface area contributed by atoms with E-state index in [-0.39, 0.29) is 12.1 Å². The van der Waals surface area contributed by atoms with Crippen molar-refractivity contribution in [2.45, 2.75) is 23.7 Å². The normalized spacial score (nSPS) is 15.8. The minimum Gasteiger partial charge on any atom is -0.449 e. The Labute approximate surface area is 141 Å². The Bertz CT molecular complexity index is 794. The molecule has 0 spiro atoms. The van der Waals surface area contributed by atoms with Crippen LogP contribution < -0.4 is 5.32 Å². The van der Waals surface area contributed by atoms with Gasteiger partial charge in [-0.3, -0.25) is 9.69 Å². The zero-order chi connectivity index (χ0) is 18.8. The second-order valence-electron chi connectivity index (χ2n) is 5.10. The number of amides is 3. The standard InChI is InChI=1S/C14H14F2N2O6S/c1-8(11(19)18-7-6-17-14(18)21)24-12(20)9-2-4-10(5-3-9)25(22,23)13(15)16/h2-5,8,13H,6-7H2,1H3,(H,17,21)/t8-/m0/s1. The fourth-order valence-electron chi connectivity index (χ4n) is 2.06. The Morgan fingerprint density at radius 1 is 1.24 bits per heavy atom. The number of urea groups is 1. The molecule has 0 bridgehead atoms. The van der Waals surface area contributed by atoms with Gasteiger partial charge in [-0.2, -0.15) is 8.78 Å². The lowest BCUT2D eigenvalue weighted by Gasteiger charge is -2.18. The summed E-state index contributed by atoms with van der Waals surface area (Å²) in [4.78, 5) is 35.6. The smallest absolute Gasteiger partial charge is 0.341 e. The Balaban J connectivity index is 2.06. The van der Waals surface area contributed by atoms with Crippen LogP contribution in [0, 0.1) is 0 Å². The molecule has 8 nitrogen and oxygen atoms in total. The highest BCUT2D eigenvalue weighted by molar-refractivity contribution is 7.91. The van der Waals surface area contributed by atoms with Crippen LogP contribution in [-0.2, 0) is 19.4 Å². The van der Waals surface area contributed by atoms with E-state index in [1.54, 1.807) is 0 Å². The maximum Gasteiger partial charge on any atom is 0.341 e. The number of hydrogen-bond donors (Lipinski definition) is 1. The third-order valence-electron chi connectivity index (χ3n) is 3.41. The van der Waals surface area contributed by atoms with Gasteiger partial charge < -0.3 is 10.1 Å². The Morgan fingerprint density at radius 3 is 2.32 bits per heavy atom. The quantitative estimate of drug-likeness (QED) is 0.761. The lowest BCUT2D eigenvalue weighted by atomic mass is 10.2. The van der Waals surface area contributed by atoms with Crippen molar-refractivity contribution in [2.75, 3.05) is 13.1 Å². The summed E-state index contributed by atoms with van der Waals surface area (Å²) in [5, 5.41) is 2.43. The topological polar surface area (TPSA) is 110 Å². The summed E-state index contributed by atoms with van der Waals surface area (Å²) < 4.78 is 52.4. The van der Waals surface area contributed by atoms with Gasteiger partial charge in [-0.15, -0.1) is 0 Å². The van der Waals surface area contributed by atoms with Gasteiger partial charge >= 0.3 is 17.8 Å². The van der Waals surface area contributed by atoms with Crippen LogP contribution in [-0.4, -0.2) is 56.2 Å². The van der Waals surface area contributed by atoms with Crippen LogP contribution in [0.5, 0.6) is 0 Å². The molecule has 1 saturated heterocycles. The van der Waals surface area contributed by atoms with Crippen molar-refractivity contribution in [3.05, 3.63) is 29.8 Å². The van der Waals surface area contributed by atoms with Gasteiger partial charge in [-0.1, -0.05) is 0 Å². The summed E-state index contributed by atoms with van der Waals surface area (Å²) in [5.41, 5.74) is -0.126. The van der Waals surface area contributed by atoms with Crippen LogP contribution in [0.25, 0.3) is 0 Å². The van der Waals surface area contributed by atoms with E-state index >= 15 is 0 Å². The Kier molecular flexibility index (Phi) is 5.36. The molecule has 2 rings (SSSR count). The molecule has 1 fully saturated rings. The summed E-state index contributed by atoms with van der Waals surface area (Å²) >= 11 is 0. The molecular weight excluding hydrogens is 362 g/mol. The van der Waals surface area contributed by atoms with Crippen molar-refractivity contribution < 1.29 is 36.3 Å². The molecule has 11 heteroatoms. The van der Waals surface area contributed by atoms with E-state index in [4.69, 9.17) is 4.74 Å². The first-order valence-electron chi connectivity index (χ1n) is 7.07. The number of carbonyl (C=O) groups is 3. The summed E-state index contributed by atoms with van der Waals surface area (Å²) in [7, 11) is -4.76. The monoisotopic (exact) mass is 376 g/mol. The third kappa shape index (κ3) is 3.92. The number of hydrogen-bond acceptors (Lipinski definition) is 6.